The van der Waals surface area contributed by atoms with Crippen LogP contribution in [0.5, 0.6) is 0 Å². The number of aryl methyl sites for hydroxylation is 1. The molecule has 1 aromatic heterocycles. The average molecular weight is 283 g/mol. The molecule has 15 heavy (non-hydrogen) atoms. The third-order valence-corrected chi connectivity index (χ3v) is 3.34. The Bertz CT molecular complexity index is 414. The summed E-state index contributed by atoms with van der Waals surface area (Å²) in [6.07, 6.45) is 3.80. The van der Waals surface area contributed by atoms with Crippen molar-refractivity contribution in [3.05, 3.63) is 47.2 Å². The van der Waals surface area contributed by atoms with E-state index in [1.165, 1.54) is 4.90 Å². The highest BCUT2D eigenvalue weighted by Gasteiger charge is 1.96. The van der Waals surface area contributed by atoms with Gasteiger partial charge in [0.25, 0.3) is 0 Å². The molecule has 0 saturated carbocycles. The molecule has 0 saturated heterocycles. The standard InChI is InChI=1S/C11H11BrN2S/c12-10-8-13-14(9-10)6-7-15-11-4-2-1-3-5-11/h1-5,8-9H,6-7H2. The number of hydrogen-bond donors (Lipinski definition) is 0. The van der Waals surface area contributed by atoms with Crippen molar-refractivity contribution in [2.75, 3.05) is 5.75 Å². The van der Waals surface area contributed by atoms with E-state index in [1.807, 2.05) is 34.9 Å². The van der Waals surface area contributed by atoms with Crippen molar-refractivity contribution in [2.45, 2.75) is 11.4 Å². The van der Waals surface area contributed by atoms with Crippen LogP contribution in [0.3, 0.4) is 0 Å². The highest BCUT2D eigenvalue weighted by molar-refractivity contribution is 9.10. The summed E-state index contributed by atoms with van der Waals surface area (Å²) in [5.41, 5.74) is 0. The van der Waals surface area contributed by atoms with E-state index in [0.717, 1.165) is 16.8 Å². The molecule has 1 heterocycles. The second kappa shape index (κ2) is 5.37. The minimum absolute atomic E-state index is 0.936. The second-order valence-electron chi connectivity index (χ2n) is 3.08. The van der Waals surface area contributed by atoms with Crippen LogP contribution in [0.25, 0.3) is 0 Å². The van der Waals surface area contributed by atoms with E-state index in [-0.39, 0.29) is 0 Å². The summed E-state index contributed by atoms with van der Waals surface area (Å²) in [5.74, 6) is 1.04. The molecule has 0 fully saturated rings. The fourth-order valence-corrected chi connectivity index (χ4v) is 2.43. The van der Waals surface area contributed by atoms with E-state index < -0.39 is 0 Å². The van der Waals surface area contributed by atoms with E-state index >= 15 is 0 Å². The Morgan fingerprint density at radius 2 is 2.07 bits per heavy atom. The van der Waals surface area contributed by atoms with Crippen molar-refractivity contribution >= 4 is 27.7 Å². The third-order valence-electron chi connectivity index (χ3n) is 1.93. The minimum Gasteiger partial charge on any atom is -0.271 e. The molecule has 0 spiro atoms. The molecule has 0 unspecified atom stereocenters. The molecule has 0 aliphatic rings. The van der Waals surface area contributed by atoms with Gasteiger partial charge >= 0.3 is 0 Å². The van der Waals surface area contributed by atoms with Crippen molar-refractivity contribution in [1.29, 1.82) is 0 Å². The molecule has 0 aliphatic carbocycles. The van der Waals surface area contributed by atoms with Crippen LogP contribution < -0.4 is 0 Å². The lowest BCUT2D eigenvalue weighted by atomic mass is 10.4. The van der Waals surface area contributed by atoms with Gasteiger partial charge in [-0.25, -0.2) is 0 Å². The Kier molecular flexibility index (Phi) is 3.86. The van der Waals surface area contributed by atoms with Crippen LogP contribution in [0.2, 0.25) is 0 Å². The fraction of sp³-hybridized carbons (Fsp3) is 0.182. The fourth-order valence-electron chi connectivity index (χ4n) is 1.23. The minimum atomic E-state index is 0.936. The van der Waals surface area contributed by atoms with Gasteiger partial charge in [0, 0.05) is 16.8 Å². The molecule has 0 aliphatic heterocycles. The summed E-state index contributed by atoms with van der Waals surface area (Å²) in [6.45, 7) is 0.936. The van der Waals surface area contributed by atoms with Crippen molar-refractivity contribution in [1.82, 2.24) is 9.78 Å². The van der Waals surface area contributed by atoms with Crippen LogP contribution in [0.1, 0.15) is 0 Å². The molecule has 0 bridgehead atoms. The zero-order valence-corrected chi connectivity index (χ0v) is 10.5. The first-order valence-electron chi connectivity index (χ1n) is 4.70. The third kappa shape index (κ3) is 3.39. The maximum Gasteiger partial charge on any atom is 0.0632 e. The lowest BCUT2D eigenvalue weighted by Crippen LogP contribution is -2.00. The summed E-state index contributed by atoms with van der Waals surface area (Å²) in [6, 6.07) is 10.4. The Morgan fingerprint density at radius 3 is 2.73 bits per heavy atom. The predicted octanol–water partition coefficient (Wildman–Crippen LogP) is 3.44. The van der Waals surface area contributed by atoms with Crippen LogP contribution in [0, 0.1) is 0 Å². The predicted molar refractivity (Wildman–Crippen MR) is 67.1 cm³/mol. The molecule has 1 aromatic carbocycles. The van der Waals surface area contributed by atoms with Gasteiger partial charge in [0.05, 0.1) is 17.2 Å². The van der Waals surface area contributed by atoms with Gasteiger partial charge in [-0.1, -0.05) is 18.2 Å². The lowest BCUT2D eigenvalue weighted by Gasteiger charge is -2.01. The Labute approximate surface area is 102 Å². The van der Waals surface area contributed by atoms with Gasteiger partial charge in [-0.15, -0.1) is 11.8 Å². The van der Waals surface area contributed by atoms with Crippen LogP contribution in [-0.4, -0.2) is 15.5 Å². The Balaban J connectivity index is 1.80. The number of nitrogens with zero attached hydrogens (tertiary/aromatic N) is 2. The van der Waals surface area contributed by atoms with Crippen molar-refractivity contribution in [3.63, 3.8) is 0 Å². The summed E-state index contributed by atoms with van der Waals surface area (Å²) in [5, 5.41) is 4.20. The quantitative estimate of drug-likeness (QED) is 0.800. The van der Waals surface area contributed by atoms with Crippen LogP contribution in [0.15, 0.2) is 52.1 Å². The van der Waals surface area contributed by atoms with Crippen molar-refractivity contribution in [3.8, 4) is 0 Å². The van der Waals surface area contributed by atoms with E-state index in [1.54, 1.807) is 0 Å². The van der Waals surface area contributed by atoms with Gasteiger partial charge in [0.15, 0.2) is 0 Å². The topological polar surface area (TPSA) is 17.8 Å². The van der Waals surface area contributed by atoms with Gasteiger partial charge in [0.1, 0.15) is 0 Å². The van der Waals surface area contributed by atoms with Gasteiger partial charge in [0.2, 0.25) is 0 Å². The van der Waals surface area contributed by atoms with E-state index in [9.17, 15) is 0 Å². The largest absolute Gasteiger partial charge is 0.271 e. The van der Waals surface area contributed by atoms with Gasteiger partial charge in [-0.2, -0.15) is 5.10 Å². The number of benzene rings is 1. The molecule has 0 N–H and O–H groups in total. The molecule has 0 atom stereocenters. The molecule has 78 valence electrons. The monoisotopic (exact) mass is 282 g/mol. The molecular weight excluding hydrogens is 272 g/mol. The zero-order chi connectivity index (χ0) is 10.5. The Morgan fingerprint density at radius 1 is 1.27 bits per heavy atom. The first kappa shape index (κ1) is 10.8. The molecule has 2 aromatic rings. The molecular formula is C11H11BrN2S. The average Bonchev–Trinajstić information content (AvgIpc) is 2.66. The Hall–Kier alpha value is -0.740. The van der Waals surface area contributed by atoms with Crippen molar-refractivity contribution < 1.29 is 0 Å². The number of aromatic nitrogens is 2. The van der Waals surface area contributed by atoms with E-state index in [2.05, 4.69) is 45.3 Å². The number of halogens is 1. The summed E-state index contributed by atoms with van der Waals surface area (Å²) in [4.78, 5) is 1.31. The van der Waals surface area contributed by atoms with Gasteiger partial charge < -0.3 is 0 Å². The highest BCUT2D eigenvalue weighted by atomic mass is 79.9. The highest BCUT2D eigenvalue weighted by Crippen LogP contribution is 2.17. The van der Waals surface area contributed by atoms with E-state index in [4.69, 9.17) is 0 Å². The number of rotatable bonds is 4. The normalized spacial score (nSPS) is 10.5. The summed E-state index contributed by atoms with van der Waals surface area (Å²) < 4.78 is 2.98. The smallest absolute Gasteiger partial charge is 0.0632 e. The van der Waals surface area contributed by atoms with E-state index in [0.29, 0.717) is 0 Å². The number of hydrogen-bond acceptors (Lipinski definition) is 2. The van der Waals surface area contributed by atoms with Gasteiger partial charge in [-0.3, -0.25) is 4.68 Å². The lowest BCUT2D eigenvalue weighted by molar-refractivity contribution is 0.666. The maximum atomic E-state index is 4.20. The molecule has 0 radical (unpaired) electrons. The second-order valence-corrected chi connectivity index (χ2v) is 5.17. The van der Waals surface area contributed by atoms with Crippen LogP contribution in [-0.2, 0) is 6.54 Å². The molecule has 2 nitrogen and oxygen atoms in total. The first-order valence-corrected chi connectivity index (χ1v) is 6.48. The summed E-state index contributed by atoms with van der Waals surface area (Å²) in [7, 11) is 0. The maximum absolute atomic E-state index is 4.20. The van der Waals surface area contributed by atoms with Crippen molar-refractivity contribution in [2.24, 2.45) is 0 Å². The van der Waals surface area contributed by atoms with Gasteiger partial charge in [-0.05, 0) is 28.1 Å². The van der Waals surface area contributed by atoms with Crippen LogP contribution >= 0.6 is 27.7 Å². The number of thioether (sulfide) groups is 1. The van der Waals surface area contributed by atoms with Crippen LogP contribution in [0.4, 0.5) is 0 Å². The zero-order valence-electron chi connectivity index (χ0n) is 8.14. The SMILES string of the molecule is Brc1cnn(CCSc2ccccc2)c1. The summed E-state index contributed by atoms with van der Waals surface area (Å²) >= 11 is 5.23. The molecule has 2 rings (SSSR count). The molecule has 4 heteroatoms. The molecule has 0 amide bonds. The first-order chi connectivity index (χ1) is 7.34.